The van der Waals surface area contributed by atoms with E-state index in [2.05, 4.69) is 5.32 Å². The highest BCUT2D eigenvalue weighted by Gasteiger charge is 2.29. The highest BCUT2D eigenvalue weighted by molar-refractivity contribution is 5.76. The third-order valence-electron chi connectivity index (χ3n) is 4.23. The first kappa shape index (κ1) is 20.0. The van der Waals surface area contributed by atoms with Gasteiger partial charge in [-0.25, -0.2) is 0 Å². The van der Waals surface area contributed by atoms with E-state index in [0.717, 1.165) is 23.3 Å². The molecule has 2 aromatic rings. The summed E-state index contributed by atoms with van der Waals surface area (Å²) in [5, 5.41) is 2.82. The van der Waals surface area contributed by atoms with Crippen LogP contribution >= 0.6 is 0 Å². The van der Waals surface area contributed by atoms with Crippen LogP contribution in [0.3, 0.4) is 0 Å². The van der Waals surface area contributed by atoms with E-state index in [1.807, 2.05) is 31.2 Å². The standard InChI is InChI=1S/C20H22F3NO2/c1-14-5-3-4-6-17(14)18(26-2)13-24-19(25)12-9-15-7-10-16(11-8-15)20(21,22)23/h3-8,10-11,18H,9,12-13H2,1-2H3,(H,24,25). The van der Waals surface area contributed by atoms with Gasteiger partial charge < -0.3 is 10.1 Å². The molecule has 0 aromatic heterocycles. The lowest BCUT2D eigenvalue weighted by molar-refractivity contribution is -0.137. The van der Waals surface area contributed by atoms with Crippen LogP contribution in [0.1, 0.15) is 34.8 Å². The van der Waals surface area contributed by atoms with Crippen molar-refractivity contribution in [1.82, 2.24) is 5.32 Å². The molecule has 0 aliphatic carbocycles. The van der Waals surface area contributed by atoms with Gasteiger partial charge in [-0.05, 0) is 42.2 Å². The van der Waals surface area contributed by atoms with Crippen LogP contribution in [-0.4, -0.2) is 19.6 Å². The molecule has 3 nitrogen and oxygen atoms in total. The van der Waals surface area contributed by atoms with Gasteiger partial charge in [-0.15, -0.1) is 0 Å². The molecule has 1 N–H and O–H groups in total. The van der Waals surface area contributed by atoms with Gasteiger partial charge in [0.25, 0.3) is 0 Å². The van der Waals surface area contributed by atoms with Crippen molar-refractivity contribution in [2.45, 2.75) is 32.0 Å². The van der Waals surface area contributed by atoms with Gasteiger partial charge in [0.15, 0.2) is 0 Å². The van der Waals surface area contributed by atoms with Gasteiger partial charge in [0.2, 0.25) is 5.91 Å². The zero-order valence-corrected chi connectivity index (χ0v) is 14.8. The maximum Gasteiger partial charge on any atom is 0.416 e. The highest BCUT2D eigenvalue weighted by Crippen LogP contribution is 2.29. The molecule has 1 amide bonds. The average molecular weight is 365 g/mol. The number of carbonyl (C=O) groups excluding carboxylic acids is 1. The fourth-order valence-corrected chi connectivity index (χ4v) is 2.68. The van der Waals surface area contributed by atoms with Crippen LogP contribution in [0.15, 0.2) is 48.5 Å². The molecule has 0 bridgehead atoms. The van der Waals surface area contributed by atoms with Gasteiger partial charge in [0, 0.05) is 20.1 Å². The molecule has 1 atom stereocenters. The molecule has 0 saturated heterocycles. The lowest BCUT2D eigenvalue weighted by Gasteiger charge is -2.18. The summed E-state index contributed by atoms with van der Waals surface area (Å²) in [4.78, 5) is 12.0. The predicted octanol–water partition coefficient (Wildman–Crippen LogP) is 4.45. The number of benzene rings is 2. The lowest BCUT2D eigenvalue weighted by Crippen LogP contribution is -2.29. The Bertz CT molecular complexity index is 727. The molecule has 2 rings (SSSR count). The molecule has 26 heavy (non-hydrogen) atoms. The maximum absolute atomic E-state index is 12.5. The smallest absolute Gasteiger partial charge is 0.375 e. The van der Waals surface area contributed by atoms with Crippen LogP contribution < -0.4 is 5.32 Å². The third-order valence-corrected chi connectivity index (χ3v) is 4.23. The number of alkyl halides is 3. The predicted molar refractivity (Wildman–Crippen MR) is 93.7 cm³/mol. The van der Waals surface area contributed by atoms with Crippen LogP contribution in [0.25, 0.3) is 0 Å². The topological polar surface area (TPSA) is 38.3 Å². The number of rotatable bonds is 7. The number of carbonyl (C=O) groups is 1. The third kappa shape index (κ3) is 5.59. The second-order valence-electron chi connectivity index (χ2n) is 6.08. The van der Waals surface area contributed by atoms with Gasteiger partial charge in [0.1, 0.15) is 0 Å². The van der Waals surface area contributed by atoms with E-state index in [9.17, 15) is 18.0 Å². The molecule has 1 unspecified atom stereocenters. The number of halogens is 3. The van der Waals surface area contributed by atoms with Gasteiger partial charge >= 0.3 is 6.18 Å². The average Bonchev–Trinajstić information content (AvgIpc) is 2.61. The Labute approximate surface area is 151 Å². The Hall–Kier alpha value is -2.34. The molecular formula is C20H22F3NO2. The minimum Gasteiger partial charge on any atom is -0.375 e. The summed E-state index contributed by atoms with van der Waals surface area (Å²) >= 11 is 0. The van der Waals surface area contributed by atoms with E-state index in [1.165, 1.54) is 12.1 Å². The number of hydrogen-bond acceptors (Lipinski definition) is 2. The van der Waals surface area contributed by atoms with Crippen molar-refractivity contribution in [3.8, 4) is 0 Å². The zero-order valence-electron chi connectivity index (χ0n) is 14.8. The zero-order chi connectivity index (χ0) is 19.2. The molecule has 6 heteroatoms. The van der Waals surface area contributed by atoms with Crippen molar-refractivity contribution >= 4 is 5.91 Å². The molecule has 0 heterocycles. The lowest BCUT2D eigenvalue weighted by atomic mass is 10.0. The number of ether oxygens (including phenoxy) is 1. The molecule has 0 radical (unpaired) electrons. The SMILES string of the molecule is COC(CNC(=O)CCc1ccc(C(F)(F)F)cc1)c1ccccc1C. The first-order valence-corrected chi connectivity index (χ1v) is 8.32. The molecular weight excluding hydrogens is 343 g/mol. The molecule has 0 fully saturated rings. The van der Waals surface area contributed by atoms with E-state index < -0.39 is 11.7 Å². The van der Waals surface area contributed by atoms with Gasteiger partial charge in [-0.3, -0.25) is 4.79 Å². The molecule has 0 saturated carbocycles. The first-order valence-electron chi connectivity index (χ1n) is 8.32. The van der Waals surface area contributed by atoms with Crippen LogP contribution in [0.2, 0.25) is 0 Å². The van der Waals surface area contributed by atoms with Crippen molar-refractivity contribution < 1.29 is 22.7 Å². The largest absolute Gasteiger partial charge is 0.416 e. The van der Waals surface area contributed by atoms with Gasteiger partial charge in [-0.1, -0.05) is 36.4 Å². The Balaban J connectivity index is 1.84. The summed E-state index contributed by atoms with van der Waals surface area (Å²) in [7, 11) is 1.59. The molecule has 2 aromatic carbocycles. The van der Waals surface area contributed by atoms with Crippen molar-refractivity contribution in [2.24, 2.45) is 0 Å². The summed E-state index contributed by atoms with van der Waals surface area (Å²) in [5.41, 5.74) is 2.10. The van der Waals surface area contributed by atoms with Crippen molar-refractivity contribution in [1.29, 1.82) is 0 Å². The highest BCUT2D eigenvalue weighted by atomic mass is 19.4. The van der Waals surface area contributed by atoms with Crippen LogP contribution in [0, 0.1) is 6.92 Å². The van der Waals surface area contributed by atoms with E-state index in [1.54, 1.807) is 7.11 Å². The van der Waals surface area contributed by atoms with Crippen molar-refractivity contribution in [3.63, 3.8) is 0 Å². The maximum atomic E-state index is 12.5. The summed E-state index contributed by atoms with van der Waals surface area (Å²) < 4.78 is 43.1. The Kier molecular flexibility index (Phi) is 6.80. The molecule has 0 spiro atoms. The fraction of sp³-hybridized carbons (Fsp3) is 0.350. The normalized spacial score (nSPS) is 12.7. The number of methoxy groups -OCH3 is 1. The Morgan fingerprint density at radius 3 is 2.35 bits per heavy atom. The number of nitrogens with one attached hydrogen (secondary N) is 1. The number of hydrogen-bond donors (Lipinski definition) is 1. The van der Waals surface area contributed by atoms with E-state index in [0.29, 0.717) is 18.5 Å². The van der Waals surface area contributed by atoms with Gasteiger partial charge in [-0.2, -0.15) is 13.2 Å². The summed E-state index contributed by atoms with van der Waals surface area (Å²) in [6.07, 6.45) is -4.01. The fourth-order valence-electron chi connectivity index (χ4n) is 2.68. The summed E-state index contributed by atoms with van der Waals surface area (Å²) in [6, 6.07) is 12.7. The van der Waals surface area contributed by atoms with Crippen LogP contribution in [0.4, 0.5) is 13.2 Å². The monoisotopic (exact) mass is 365 g/mol. The number of aryl methyl sites for hydroxylation is 2. The quantitative estimate of drug-likeness (QED) is 0.787. The van der Waals surface area contributed by atoms with Crippen LogP contribution in [0.5, 0.6) is 0 Å². The Morgan fingerprint density at radius 2 is 1.77 bits per heavy atom. The van der Waals surface area contributed by atoms with Crippen LogP contribution in [-0.2, 0) is 22.1 Å². The number of amides is 1. The minimum atomic E-state index is -4.35. The van der Waals surface area contributed by atoms with E-state index >= 15 is 0 Å². The van der Waals surface area contributed by atoms with E-state index in [4.69, 9.17) is 4.74 Å². The van der Waals surface area contributed by atoms with Crippen molar-refractivity contribution in [2.75, 3.05) is 13.7 Å². The molecule has 140 valence electrons. The Morgan fingerprint density at radius 1 is 1.12 bits per heavy atom. The molecule has 0 aliphatic heterocycles. The minimum absolute atomic E-state index is 0.166. The second kappa shape index (κ2) is 8.85. The van der Waals surface area contributed by atoms with Gasteiger partial charge in [0.05, 0.1) is 11.7 Å². The summed E-state index contributed by atoms with van der Waals surface area (Å²) in [5.74, 6) is -0.166. The second-order valence-corrected chi connectivity index (χ2v) is 6.08. The molecule has 0 aliphatic rings. The van der Waals surface area contributed by atoms with E-state index in [-0.39, 0.29) is 18.4 Å². The summed E-state index contributed by atoms with van der Waals surface area (Å²) in [6.45, 7) is 2.32. The van der Waals surface area contributed by atoms with Crippen molar-refractivity contribution in [3.05, 3.63) is 70.8 Å². The first-order chi connectivity index (χ1) is 12.3.